The van der Waals surface area contributed by atoms with Gasteiger partial charge in [0.25, 0.3) is 5.91 Å². The Hall–Kier alpha value is -3.41. The van der Waals surface area contributed by atoms with Gasteiger partial charge in [-0.2, -0.15) is 5.10 Å². The summed E-state index contributed by atoms with van der Waals surface area (Å²) in [5, 5.41) is 7.49. The maximum absolute atomic E-state index is 12.7. The molecule has 1 N–H and O–H groups in total. The van der Waals surface area contributed by atoms with Crippen molar-refractivity contribution in [3.63, 3.8) is 0 Å². The third-order valence-corrected chi connectivity index (χ3v) is 4.82. The highest BCUT2D eigenvalue weighted by Gasteiger charge is 2.14. The zero-order valence-corrected chi connectivity index (χ0v) is 16.8. The van der Waals surface area contributed by atoms with Crippen molar-refractivity contribution in [1.29, 1.82) is 0 Å². The number of amides is 1. The van der Waals surface area contributed by atoms with Crippen LogP contribution in [-0.2, 0) is 13.0 Å². The molecule has 0 saturated carbocycles. The summed E-state index contributed by atoms with van der Waals surface area (Å²) in [6, 6.07) is 17.4. The third-order valence-electron chi connectivity index (χ3n) is 4.82. The van der Waals surface area contributed by atoms with Crippen molar-refractivity contribution >= 4 is 17.0 Å². The number of fused-ring (bicyclic) bond motifs is 1. The Balaban J connectivity index is 1.45. The summed E-state index contributed by atoms with van der Waals surface area (Å²) >= 11 is 0. The van der Waals surface area contributed by atoms with Crippen LogP contribution < -0.4 is 5.32 Å². The van der Waals surface area contributed by atoms with E-state index < -0.39 is 0 Å². The molecule has 0 unspecified atom stereocenters. The van der Waals surface area contributed by atoms with Crippen molar-refractivity contribution in [3.05, 3.63) is 83.0 Å². The van der Waals surface area contributed by atoms with E-state index in [1.54, 1.807) is 18.2 Å². The minimum Gasteiger partial charge on any atom is -0.440 e. The molecule has 6 nitrogen and oxygen atoms in total. The van der Waals surface area contributed by atoms with Gasteiger partial charge in [-0.1, -0.05) is 30.3 Å². The summed E-state index contributed by atoms with van der Waals surface area (Å²) in [7, 11) is 0. The maximum Gasteiger partial charge on any atom is 0.251 e. The molecule has 0 bridgehead atoms. The summed E-state index contributed by atoms with van der Waals surface area (Å²) in [6.45, 7) is 6.58. The van der Waals surface area contributed by atoms with Gasteiger partial charge in [-0.15, -0.1) is 0 Å². The van der Waals surface area contributed by atoms with Gasteiger partial charge in [0.05, 0.1) is 12.2 Å². The van der Waals surface area contributed by atoms with E-state index >= 15 is 0 Å². The molecule has 0 saturated heterocycles. The molecule has 1 atom stereocenters. The van der Waals surface area contributed by atoms with Crippen LogP contribution in [0.25, 0.3) is 11.1 Å². The first kappa shape index (κ1) is 18.9. The number of hydrogen-bond acceptors (Lipinski definition) is 4. The van der Waals surface area contributed by atoms with E-state index in [0.717, 1.165) is 17.0 Å². The number of carbonyl (C=O) groups is 1. The minimum absolute atomic E-state index is 0.0536. The molecule has 6 heteroatoms. The van der Waals surface area contributed by atoms with Gasteiger partial charge in [0.15, 0.2) is 11.5 Å². The predicted octanol–water partition coefficient (Wildman–Crippen LogP) is 4.05. The summed E-state index contributed by atoms with van der Waals surface area (Å²) < 4.78 is 7.74. The number of nitrogens with zero attached hydrogens (tertiary/aromatic N) is 3. The highest BCUT2D eigenvalue weighted by atomic mass is 16.3. The highest BCUT2D eigenvalue weighted by molar-refractivity contribution is 5.97. The van der Waals surface area contributed by atoms with E-state index in [-0.39, 0.29) is 11.9 Å². The average Bonchev–Trinajstić information content (AvgIpc) is 3.23. The molecule has 4 rings (SSSR count). The molecule has 2 aromatic heterocycles. The Labute approximate surface area is 169 Å². The minimum atomic E-state index is -0.131. The normalized spacial score (nSPS) is 12.2. The molecule has 0 radical (unpaired) electrons. The lowest BCUT2D eigenvalue weighted by molar-refractivity contribution is 0.0936. The smallest absolute Gasteiger partial charge is 0.251 e. The van der Waals surface area contributed by atoms with Gasteiger partial charge in [-0.3, -0.25) is 9.48 Å². The lowest BCUT2D eigenvalue weighted by Crippen LogP contribution is -2.36. The van der Waals surface area contributed by atoms with Crippen molar-refractivity contribution in [2.24, 2.45) is 0 Å². The Bertz CT molecular complexity index is 1140. The number of aromatic nitrogens is 3. The van der Waals surface area contributed by atoms with E-state index in [2.05, 4.69) is 15.4 Å². The fourth-order valence-corrected chi connectivity index (χ4v) is 3.43. The van der Waals surface area contributed by atoms with E-state index in [9.17, 15) is 4.79 Å². The first-order chi connectivity index (χ1) is 14.0. The Morgan fingerprint density at radius 2 is 1.93 bits per heavy atom. The molecule has 0 aliphatic heterocycles. The topological polar surface area (TPSA) is 73.0 Å². The molecule has 148 valence electrons. The number of benzene rings is 2. The second-order valence-electron chi connectivity index (χ2n) is 7.44. The van der Waals surface area contributed by atoms with Crippen molar-refractivity contribution < 1.29 is 9.21 Å². The molecule has 29 heavy (non-hydrogen) atoms. The van der Waals surface area contributed by atoms with E-state index in [0.29, 0.717) is 35.5 Å². The molecule has 0 aliphatic rings. The lowest BCUT2D eigenvalue weighted by atomic mass is 10.1. The average molecular weight is 388 g/mol. The van der Waals surface area contributed by atoms with Crippen LogP contribution in [0, 0.1) is 13.8 Å². The fraction of sp³-hybridized carbons (Fsp3) is 0.261. The number of rotatable bonds is 6. The van der Waals surface area contributed by atoms with Crippen LogP contribution in [-0.4, -0.2) is 26.7 Å². The van der Waals surface area contributed by atoms with Crippen molar-refractivity contribution in [2.45, 2.75) is 39.8 Å². The quantitative estimate of drug-likeness (QED) is 0.541. The van der Waals surface area contributed by atoms with Gasteiger partial charge >= 0.3 is 0 Å². The Morgan fingerprint density at radius 3 is 2.66 bits per heavy atom. The zero-order chi connectivity index (χ0) is 20.4. The maximum atomic E-state index is 12.7. The molecule has 0 spiro atoms. The molecule has 1 amide bonds. The highest BCUT2D eigenvalue weighted by Crippen LogP contribution is 2.19. The van der Waals surface area contributed by atoms with Crippen LogP contribution in [0.15, 0.2) is 59.0 Å². The third kappa shape index (κ3) is 4.37. The fourth-order valence-electron chi connectivity index (χ4n) is 3.43. The summed E-state index contributed by atoms with van der Waals surface area (Å²) in [4.78, 5) is 17.2. The number of nitrogens with one attached hydrogen (secondary N) is 1. The standard InChI is InChI=1S/C23H24N4O2/c1-15-11-17(3)27(26-15)14-16(2)24-23(28)19-9-10-21-20(13-19)25-22(29-21)12-18-7-5-4-6-8-18/h4-11,13,16H,12,14H2,1-3H3,(H,24,28)/t16-/m1/s1. The van der Waals surface area contributed by atoms with Crippen LogP contribution >= 0.6 is 0 Å². The van der Waals surface area contributed by atoms with Crippen LogP contribution in [0.2, 0.25) is 0 Å². The number of hydrogen-bond donors (Lipinski definition) is 1. The van der Waals surface area contributed by atoms with Crippen molar-refractivity contribution in [3.8, 4) is 0 Å². The van der Waals surface area contributed by atoms with Gasteiger partial charge < -0.3 is 9.73 Å². The number of carbonyl (C=O) groups excluding carboxylic acids is 1. The van der Waals surface area contributed by atoms with Gasteiger partial charge in [0.1, 0.15) is 5.52 Å². The van der Waals surface area contributed by atoms with Crippen LogP contribution in [0.1, 0.15) is 40.1 Å². The SMILES string of the molecule is Cc1cc(C)n(C[C@@H](C)NC(=O)c2ccc3oc(Cc4ccccc4)nc3c2)n1. The summed E-state index contributed by atoms with van der Waals surface area (Å²) in [6.07, 6.45) is 0.622. The van der Waals surface area contributed by atoms with Crippen LogP contribution in [0.5, 0.6) is 0 Å². The number of oxazole rings is 1. The second-order valence-corrected chi connectivity index (χ2v) is 7.44. The van der Waals surface area contributed by atoms with Gasteiger partial charge in [0.2, 0.25) is 0 Å². The zero-order valence-electron chi connectivity index (χ0n) is 16.8. The van der Waals surface area contributed by atoms with Crippen LogP contribution in [0.4, 0.5) is 0 Å². The Kier molecular flexibility index (Phi) is 5.16. The predicted molar refractivity (Wildman–Crippen MR) is 112 cm³/mol. The largest absolute Gasteiger partial charge is 0.440 e. The number of aryl methyl sites for hydroxylation is 2. The molecule has 4 aromatic rings. The molecular formula is C23H24N4O2. The van der Waals surface area contributed by atoms with Gasteiger partial charge in [0, 0.05) is 23.7 Å². The summed E-state index contributed by atoms with van der Waals surface area (Å²) in [5.41, 5.74) is 5.13. The Morgan fingerprint density at radius 1 is 1.14 bits per heavy atom. The van der Waals surface area contributed by atoms with Crippen LogP contribution in [0.3, 0.4) is 0 Å². The summed E-state index contributed by atoms with van der Waals surface area (Å²) in [5.74, 6) is 0.509. The first-order valence-corrected chi connectivity index (χ1v) is 9.73. The monoisotopic (exact) mass is 388 g/mol. The van der Waals surface area contributed by atoms with Crippen molar-refractivity contribution in [1.82, 2.24) is 20.1 Å². The molecule has 2 aromatic carbocycles. The van der Waals surface area contributed by atoms with E-state index in [4.69, 9.17) is 4.42 Å². The van der Waals surface area contributed by atoms with Crippen molar-refractivity contribution in [2.75, 3.05) is 0 Å². The van der Waals surface area contributed by atoms with E-state index in [1.807, 2.05) is 61.9 Å². The second kappa shape index (κ2) is 7.91. The molecule has 2 heterocycles. The van der Waals surface area contributed by atoms with E-state index in [1.165, 1.54) is 0 Å². The van der Waals surface area contributed by atoms with Gasteiger partial charge in [-0.25, -0.2) is 4.98 Å². The molecule has 0 aliphatic carbocycles. The van der Waals surface area contributed by atoms with Gasteiger partial charge in [-0.05, 0) is 50.6 Å². The molecule has 0 fully saturated rings. The first-order valence-electron chi connectivity index (χ1n) is 9.73. The lowest BCUT2D eigenvalue weighted by Gasteiger charge is -2.15. The molecular weight excluding hydrogens is 364 g/mol.